The fourth-order valence-electron chi connectivity index (χ4n) is 4.06. The van der Waals surface area contributed by atoms with Gasteiger partial charge in [-0.05, 0) is 37.1 Å². The third-order valence-electron chi connectivity index (χ3n) is 5.94. The van der Waals surface area contributed by atoms with Gasteiger partial charge in [-0.25, -0.2) is 4.98 Å². The monoisotopic (exact) mass is 494 g/mol. The molecule has 0 N–H and O–H groups in total. The molecule has 4 heteroatoms. The number of rotatable bonds is 12. The van der Waals surface area contributed by atoms with E-state index in [1.807, 2.05) is 54.6 Å². The van der Waals surface area contributed by atoms with Gasteiger partial charge in [0.05, 0.1) is 16.8 Å². The second-order valence-corrected chi connectivity index (χ2v) is 9.41. The molecular weight excluding hydrogens is 460 g/mol. The Hall–Kier alpha value is -2.20. The average molecular weight is 496 g/mol. The van der Waals surface area contributed by atoms with E-state index in [1.54, 1.807) is 0 Å². The van der Waals surface area contributed by atoms with Gasteiger partial charge in [-0.3, -0.25) is 4.79 Å². The van der Waals surface area contributed by atoms with Crippen LogP contribution in [0.15, 0.2) is 59.1 Å². The third-order valence-corrected chi connectivity index (χ3v) is 6.47. The maximum Gasteiger partial charge on any atom is 0.254 e. The van der Waals surface area contributed by atoms with Crippen molar-refractivity contribution in [2.75, 3.05) is 13.1 Å². The van der Waals surface area contributed by atoms with E-state index in [1.165, 1.54) is 38.5 Å². The minimum atomic E-state index is 0.134. The zero-order valence-corrected chi connectivity index (χ0v) is 21.0. The third kappa shape index (κ3) is 6.65. The first-order chi connectivity index (χ1) is 15.6. The molecule has 0 saturated carbocycles. The van der Waals surface area contributed by atoms with Crippen LogP contribution in [0.1, 0.15) is 75.6 Å². The number of pyridine rings is 1. The van der Waals surface area contributed by atoms with Gasteiger partial charge in [0.2, 0.25) is 0 Å². The first kappa shape index (κ1) is 24.4. The number of aromatic nitrogens is 1. The van der Waals surface area contributed by atoms with Crippen LogP contribution < -0.4 is 0 Å². The van der Waals surface area contributed by atoms with Gasteiger partial charge in [0.25, 0.3) is 5.91 Å². The van der Waals surface area contributed by atoms with E-state index in [-0.39, 0.29) is 5.91 Å². The molecule has 32 heavy (non-hydrogen) atoms. The summed E-state index contributed by atoms with van der Waals surface area (Å²) in [6.45, 7) is 6.10. The second-order valence-electron chi connectivity index (χ2n) is 8.49. The average Bonchev–Trinajstić information content (AvgIpc) is 2.82. The highest BCUT2D eigenvalue weighted by molar-refractivity contribution is 9.10. The van der Waals surface area contributed by atoms with Gasteiger partial charge in [0.1, 0.15) is 0 Å². The Balaban J connectivity index is 1.93. The molecule has 0 saturated heterocycles. The Morgan fingerprint density at radius 3 is 2.09 bits per heavy atom. The van der Waals surface area contributed by atoms with Crippen LogP contribution >= 0.6 is 15.9 Å². The molecule has 1 aromatic heterocycles. The van der Waals surface area contributed by atoms with E-state index < -0.39 is 0 Å². The van der Waals surface area contributed by atoms with Gasteiger partial charge in [-0.2, -0.15) is 0 Å². The number of amides is 1. The Morgan fingerprint density at radius 2 is 1.47 bits per heavy atom. The standard InChI is InChI=1S/C28H35BrN2O/c1-3-5-7-11-19-31(20-12-8-6-4-2)28(32)25-21-27(22-15-17-23(29)18-16-22)30-26-14-10-9-13-24(25)26/h9-10,13-18,21H,3-8,11-12,19-20H2,1-2H3. The number of hydrogen-bond donors (Lipinski definition) is 0. The topological polar surface area (TPSA) is 33.2 Å². The van der Waals surface area contributed by atoms with Crippen LogP contribution in [0.5, 0.6) is 0 Å². The molecule has 0 aliphatic carbocycles. The van der Waals surface area contributed by atoms with Crippen LogP contribution in [0.2, 0.25) is 0 Å². The molecule has 0 spiro atoms. The first-order valence-corrected chi connectivity index (χ1v) is 12.9. The number of hydrogen-bond acceptors (Lipinski definition) is 2. The molecule has 0 radical (unpaired) electrons. The van der Waals surface area contributed by atoms with Gasteiger partial charge in [-0.15, -0.1) is 0 Å². The quantitative estimate of drug-likeness (QED) is 0.237. The molecule has 0 unspecified atom stereocenters. The van der Waals surface area contributed by atoms with Crippen molar-refractivity contribution < 1.29 is 4.79 Å². The lowest BCUT2D eigenvalue weighted by molar-refractivity contribution is 0.0751. The van der Waals surface area contributed by atoms with Crippen LogP contribution in [0.3, 0.4) is 0 Å². The number of halogens is 1. The van der Waals surface area contributed by atoms with Gasteiger partial charge in [-0.1, -0.05) is 98.6 Å². The number of para-hydroxylation sites is 1. The smallest absolute Gasteiger partial charge is 0.254 e. The van der Waals surface area contributed by atoms with Gasteiger partial charge >= 0.3 is 0 Å². The lowest BCUT2D eigenvalue weighted by Gasteiger charge is -2.24. The van der Waals surface area contributed by atoms with Crippen molar-refractivity contribution in [1.29, 1.82) is 0 Å². The van der Waals surface area contributed by atoms with Crippen LogP contribution in [-0.4, -0.2) is 28.9 Å². The summed E-state index contributed by atoms with van der Waals surface area (Å²) in [5.74, 6) is 0.134. The van der Waals surface area contributed by atoms with Gasteiger partial charge in [0.15, 0.2) is 0 Å². The highest BCUT2D eigenvalue weighted by atomic mass is 79.9. The normalized spacial score (nSPS) is 11.1. The Labute approximate surface area is 201 Å². The molecule has 1 amide bonds. The van der Waals surface area contributed by atoms with Crippen molar-refractivity contribution >= 4 is 32.7 Å². The van der Waals surface area contributed by atoms with Crippen LogP contribution in [0.25, 0.3) is 22.2 Å². The fraction of sp³-hybridized carbons (Fsp3) is 0.429. The highest BCUT2D eigenvalue weighted by Crippen LogP contribution is 2.27. The predicted octanol–water partition coefficient (Wildman–Crippen LogP) is 8.27. The molecule has 0 aliphatic rings. The summed E-state index contributed by atoms with van der Waals surface area (Å²) in [6, 6.07) is 18.1. The Morgan fingerprint density at radius 1 is 0.844 bits per heavy atom. The molecule has 3 rings (SSSR count). The SMILES string of the molecule is CCCCCCN(CCCCCC)C(=O)c1cc(-c2ccc(Br)cc2)nc2ccccc12. The fourth-order valence-corrected chi connectivity index (χ4v) is 4.33. The summed E-state index contributed by atoms with van der Waals surface area (Å²) >= 11 is 3.50. The maximum absolute atomic E-state index is 13.8. The number of benzene rings is 2. The van der Waals surface area contributed by atoms with E-state index in [4.69, 9.17) is 4.98 Å². The molecule has 0 atom stereocenters. The molecule has 2 aromatic carbocycles. The zero-order chi connectivity index (χ0) is 22.8. The van der Waals surface area contributed by atoms with Crippen molar-refractivity contribution in [2.24, 2.45) is 0 Å². The molecule has 3 aromatic rings. The number of fused-ring (bicyclic) bond motifs is 1. The predicted molar refractivity (Wildman–Crippen MR) is 139 cm³/mol. The number of nitrogens with zero attached hydrogens (tertiary/aromatic N) is 2. The van der Waals surface area contributed by atoms with Crippen LogP contribution in [0, 0.1) is 0 Å². The second kappa shape index (κ2) is 12.7. The molecule has 0 aliphatic heterocycles. The maximum atomic E-state index is 13.8. The van der Waals surface area contributed by atoms with Crippen molar-refractivity contribution in [3.8, 4) is 11.3 Å². The minimum Gasteiger partial charge on any atom is -0.339 e. The summed E-state index contributed by atoms with van der Waals surface area (Å²) < 4.78 is 1.03. The van der Waals surface area contributed by atoms with E-state index in [0.29, 0.717) is 0 Å². The molecule has 0 fully saturated rings. The van der Waals surface area contributed by atoms with Crippen molar-refractivity contribution in [3.05, 3.63) is 64.6 Å². The number of carbonyl (C=O) groups is 1. The van der Waals surface area contributed by atoms with Gasteiger partial charge in [0, 0.05) is 28.5 Å². The van der Waals surface area contributed by atoms with E-state index in [0.717, 1.165) is 58.1 Å². The largest absolute Gasteiger partial charge is 0.339 e. The first-order valence-electron chi connectivity index (χ1n) is 12.1. The van der Waals surface area contributed by atoms with Crippen LogP contribution in [0.4, 0.5) is 0 Å². The number of carbonyl (C=O) groups excluding carboxylic acids is 1. The summed E-state index contributed by atoms with van der Waals surface area (Å²) in [4.78, 5) is 20.8. The van der Waals surface area contributed by atoms with Crippen molar-refractivity contribution in [2.45, 2.75) is 65.2 Å². The van der Waals surface area contributed by atoms with Crippen LogP contribution in [-0.2, 0) is 0 Å². The molecule has 3 nitrogen and oxygen atoms in total. The summed E-state index contributed by atoms with van der Waals surface area (Å²) in [5.41, 5.74) is 3.49. The summed E-state index contributed by atoms with van der Waals surface area (Å²) in [7, 11) is 0. The molecular formula is C28H35BrN2O. The Bertz CT molecular complexity index is 988. The van der Waals surface area contributed by atoms with E-state index in [9.17, 15) is 4.79 Å². The number of unbranched alkanes of at least 4 members (excludes halogenated alkanes) is 6. The lowest BCUT2D eigenvalue weighted by atomic mass is 10.0. The summed E-state index contributed by atoms with van der Waals surface area (Å²) in [5, 5.41) is 0.936. The van der Waals surface area contributed by atoms with Gasteiger partial charge < -0.3 is 4.90 Å². The Kier molecular flexibility index (Phi) is 9.73. The van der Waals surface area contributed by atoms with Crippen molar-refractivity contribution in [1.82, 2.24) is 9.88 Å². The molecule has 1 heterocycles. The van der Waals surface area contributed by atoms with E-state index in [2.05, 4.69) is 34.7 Å². The lowest BCUT2D eigenvalue weighted by Crippen LogP contribution is -2.33. The minimum absolute atomic E-state index is 0.134. The highest BCUT2D eigenvalue weighted by Gasteiger charge is 2.19. The zero-order valence-electron chi connectivity index (χ0n) is 19.4. The molecule has 0 bridgehead atoms. The molecule has 170 valence electrons. The van der Waals surface area contributed by atoms with Crippen molar-refractivity contribution in [3.63, 3.8) is 0 Å². The van der Waals surface area contributed by atoms with E-state index >= 15 is 0 Å². The summed E-state index contributed by atoms with van der Waals surface area (Å²) in [6.07, 6.45) is 9.35.